The number of carbonyl (C=O) groups is 1. The molecule has 0 bridgehead atoms. The number of nitrogens with one attached hydrogen (secondary N) is 1. The molecule has 486 valence electrons. The molecule has 2 aliphatic heterocycles. The number of allylic oxidation sites excluding steroid dienone is 1. The van der Waals surface area contributed by atoms with Crippen LogP contribution in [0.2, 0.25) is 0 Å². The summed E-state index contributed by atoms with van der Waals surface area (Å²) < 4.78 is 22.8. The minimum Gasteiger partial charge on any atom is -0.394 e. The van der Waals surface area contributed by atoms with E-state index in [1.54, 1.807) is 6.08 Å². The second kappa shape index (κ2) is 53.9. The van der Waals surface area contributed by atoms with E-state index in [0.717, 1.165) is 38.5 Å². The molecule has 0 aromatic heterocycles. The number of amides is 1. The lowest BCUT2D eigenvalue weighted by Crippen LogP contribution is -2.65. The zero-order chi connectivity index (χ0) is 59.5. The minimum absolute atomic E-state index is 0.232. The number of unbranched alkanes of at least 4 members (excludes halogenated alkanes) is 45. The molecule has 14 nitrogen and oxygen atoms in total. The maximum atomic E-state index is 13.3. The molecule has 82 heavy (non-hydrogen) atoms. The first-order valence-corrected chi connectivity index (χ1v) is 34.9. The molecule has 14 heteroatoms. The second-order valence-corrected chi connectivity index (χ2v) is 25.0. The van der Waals surface area contributed by atoms with Crippen LogP contribution in [0, 0.1) is 0 Å². The average Bonchev–Trinajstić information content (AvgIpc) is 3.52. The maximum Gasteiger partial charge on any atom is 0.220 e. The van der Waals surface area contributed by atoms with Crippen molar-refractivity contribution in [2.75, 3.05) is 19.8 Å². The second-order valence-electron chi connectivity index (χ2n) is 25.0. The van der Waals surface area contributed by atoms with Gasteiger partial charge in [-0.05, 0) is 19.3 Å². The Morgan fingerprint density at radius 3 is 1.12 bits per heavy atom. The summed E-state index contributed by atoms with van der Waals surface area (Å²) >= 11 is 0. The van der Waals surface area contributed by atoms with Gasteiger partial charge in [0.25, 0.3) is 0 Å². The van der Waals surface area contributed by atoms with E-state index in [4.69, 9.17) is 18.9 Å². The van der Waals surface area contributed by atoms with Crippen LogP contribution in [0.3, 0.4) is 0 Å². The Hall–Kier alpha value is -1.27. The van der Waals surface area contributed by atoms with Crippen molar-refractivity contribution in [1.29, 1.82) is 0 Å². The summed E-state index contributed by atoms with van der Waals surface area (Å²) in [4.78, 5) is 13.3. The molecule has 1 amide bonds. The van der Waals surface area contributed by atoms with E-state index in [2.05, 4.69) is 19.2 Å². The van der Waals surface area contributed by atoms with Crippen molar-refractivity contribution in [2.24, 2.45) is 0 Å². The third kappa shape index (κ3) is 38.1. The number of carbonyl (C=O) groups excluding carboxylic acids is 1. The van der Waals surface area contributed by atoms with Crippen LogP contribution in [0.25, 0.3) is 0 Å². The van der Waals surface area contributed by atoms with Crippen molar-refractivity contribution >= 4 is 5.91 Å². The van der Waals surface area contributed by atoms with Crippen molar-refractivity contribution in [1.82, 2.24) is 5.32 Å². The monoisotopic (exact) mass is 1170 g/mol. The highest BCUT2D eigenvalue weighted by molar-refractivity contribution is 5.76. The molecule has 9 N–H and O–H groups in total. The summed E-state index contributed by atoms with van der Waals surface area (Å²) in [6.45, 7) is 2.85. The van der Waals surface area contributed by atoms with Gasteiger partial charge in [-0.1, -0.05) is 309 Å². The molecule has 2 rings (SSSR count). The van der Waals surface area contributed by atoms with Gasteiger partial charge < -0.3 is 65.1 Å². The normalized spacial score (nSPS) is 23.9. The predicted molar refractivity (Wildman–Crippen MR) is 332 cm³/mol. The van der Waals surface area contributed by atoms with Crippen LogP contribution < -0.4 is 5.32 Å². The van der Waals surface area contributed by atoms with Crippen molar-refractivity contribution in [3.05, 3.63) is 12.2 Å². The molecule has 0 aromatic rings. The smallest absolute Gasteiger partial charge is 0.220 e. The van der Waals surface area contributed by atoms with Gasteiger partial charge in [-0.25, -0.2) is 0 Å². The zero-order valence-corrected chi connectivity index (χ0v) is 52.8. The topological polar surface area (TPSA) is 228 Å². The average molecular weight is 1170 g/mol. The van der Waals surface area contributed by atoms with E-state index in [9.17, 15) is 45.6 Å². The summed E-state index contributed by atoms with van der Waals surface area (Å²) in [5, 5.41) is 87.3. The van der Waals surface area contributed by atoms with Gasteiger partial charge in [0.05, 0.1) is 32.0 Å². The summed E-state index contributed by atoms with van der Waals surface area (Å²) in [5.74, 6) is -0.232. The highest BCUT2D eigenvalue weighted by atomic mass is 16.7. The quantitative estimate of drug-likeness (QED) is 0.0204. The molecule has 2 saturated heterocycles. The fourth-order valence-corrected chi connectivity index (χ4v) is 11.9. The van der Waals surface area contributed by atoms with Crippen LogP contribution >= 0.6 is 0 Å². The first kappa shape index (κ1) is 76.8. The summed E-state index contributed by atoms with van der Waals surface area (Å²) in [5.41, 5.74) is 0. The molecule has 0 spiro atoms. The van der Waals surface area contributed by atoms with Gasteiger partial charge in [0.1, 0.15) is 48.8 Å². The molecule has 2 heterocycles. The SMILES string of the molecule is CCCCCCCCCCCCCCCC/C=C/[C@@H](O)[C@H](CO[C@@H]1O[C@H](CO)[C@@H](O[C@@H]2O[C@H](CO)[C@H](O)C(O)C2O)C(O)C1O)NC(=O)CCCCCCCCCCCCCCCCCCCCCCCCCCCCCCCCCC. The molecule has 0 radical (unpaired) electrons. The summed E-state index contributed by atoms with van der Waals surface area (Å²) in [6.07, 6.45) is 48.5. The van der Waals surface area contributed by atoms with Crippen LogP contribution in [-0.4, -0.2) is 140 Å². The molecule has 0 saturated carbocycles. The van der Waals surface area contributed by atoms with Gasteiger partial charge in [-0.3, -0.25) is 4.79 Å². The van der Waals surface area contributed by atoms with E-state index in [-0.39, 0.29) is 18.9 Å². The van der Waals surface area contributed by atoms with Crippen LogP contribution in [-0.2, 0) is 23.7 Å². The van der Waals surface area contributed by atoms with E-state index >= 15 is 0 Å². The number of aliphatic hydroxyl groups is 8. The van der Waals surface area contributed by atoms with Gasteiger partial charge in [0, 0.05) is 6.42 Å². The van der Waals surface area contributed by atoms with Crippen molar-refractivity contribution in [2.45, 2.75) is 396 Å². The van der Waals surface area contributed by atoms with E-state index < -0.39 is 86.8 Å². The molecular formula is C68H131NO13. The number of rotatable bonds is 58. The Morgan fingerprint density at radius 2 is 0.756 bits per heavy atom. The van der Waals surface area contributed by atoms with Gasteiger partial charge in [-0.2, -0.15) is 0 Å². The van der Waals surface area contributed by atoms with Crippen LogP contribution in [0.15, 0.2) is 12.2 Å². The number of hydrogen-bond acceptors (Lipinski definition) is 13. The standard InChI is InChI=1S/C68H131NO13/c1-3-5-7-9-11-13-15-17-19-21-22-23-24-25-26-27-28-29-30-31-32-33-34-35-36-38-40-42-44-46-48-50-52-60(73)69-56(57(72)51-49-47-45-43-41-39-37-20-18-16-14-12-10-8-6-4-2)55-79-67-65(78)63(76)66(59(54-71)81-67)82-68-64(77)62(75)61(74)58(53-70)80-68/h49,51,56-59,61-68,70-72,74-78H,3-48,50,52-55H2,1-2H3,(H,69,73)/b51-49+/t56-,57+,58+,59+,61-,62?,63?,64?,65?,66+,67+,68-/m0/s1. The number of hydrogen-bond donors (Lipinski definition) is 9. The third-order valence-corrected chi connectivity index (χ3v) is 17.5. The molecular weight excluding hydrogens is 1040 g/mol. The lowest BCUT2D eigenvalue weighted by Gasteiger charge is -2.46. The Kier molecular flexibility index (Phi) is 50.5. The highest BCUT2D eigenvalue weighted by Crippen LogP contribution is 2.30. The Morgan fingerprint density at radius 1 is 0.427 bits per heavy atom. The summed E-state index contributed by atoms with van der Waals surface area (Å²) in [6, 6.07) is -0.910. The molecule has 2 aliphatic rings. The third-order valence-electron chi connectivity index (χ3n) is 17.5. The Balaban J connectivity index is 1.62. The molecule has 12 atom stereocenters. The largest absolute Gasteiger partial charge is 0.394 e. The van der Waals surface area contributed by atoms with Crippen LogP contribution in [0.1, 0.15) is 322 Å². The highest BCUT2D eigenvalue weighted by Gasteiger charge is 2.51. The van der Waals surface area contributed by atoms with Crippen molar-refractivity contribution < 1.29 is 64.6 Å². The number of aliphatic hydroxyl groups excluding tert-OH is 8. The Labute approximate surface area is 501 Å². The fourth-order valence-electron chi connectivity index (χ4n) is 11.9. The first-order valence-electron chi connectivity index (χ1n) is 34.9. The van der Waals surface area contributed by atoms with E-state index in [1.807, 2.05) is 6.08 Å². The lowest BCUT2D eigenvalue weighted by molar-refractivity contribution is -0.359. The Bertz CT molecular complexity index is 1420. The molecule has 4 unspecified atom stereocenters. The number of ether oxygens (including phenoxy) is 4. The molecule has 2 fully saturated rings. The lowest BCUT2D eigenvalue weighted by atomic mass is 9.97. The molecule has 0 aliphatic carbocycles. The zero-order valence-electron chi connectivity index (χ0n) is 52.8. The summed E-state index contributed by atoms with van der Waals surface area (Å²) in [7, 11) is 0. The minimum atomic E-state index is -1.79. The van der Waals surface area contributed by atoms with Crippen molar-refractivity contribution in [3.8, 4) is 0 Å². The predicted octanol–water partition coefficient (Wildman–Crippen LogP) is 13.8. The van der Waals surface area contributed by atoms with Gasteiger partial charge in [0.15, 0.2) is 12.6 Å². The van der Waals surface area contributed by atoms with Gasteiger partial charge >= 0.3 is 0 Å². The van der Waals surface area contributed by atoms with Gasteiger partial charge in [-0.15, -0.1) is 0 Å². The van der Waals surface area contributed by atoms with Crippen LogP contribution in [0.4, 0.5) is 0 Å². The fraction of sp³-hybridized carbons (Fsp3) is 0.956. The van der Waals surface area contributed by atoms with E-state index in [1.165, 1.54) is 257 Å². The first-order chi connectivity index (χ1) is 40.1. The van der Waals surface area contributed by atoms with Gasteiger partial charge in [0.2, 0.25) is 5.91 Å². The molecule has 0 aromatic carbocycles. The van der Waals surface area contributed by atoms with E-state index in [0.29, 0.717) is 6.42 Å². The maximum absolute atomic E-state index is 13.3. The van der Waals surface area contributed by atoms with Crippen LogP contribution in [0.5, 0.6) is 0 Å². The van der Waals surface area contributed by atoms with Crippen molar-refractivity contribution in [3.63, 3.8) is 0 Å².